The Bertz CT molecular complexity index is 388. The number of esters is 1. The summed E-state index contributed by atoms with van der Waals surface area (Å²) in [5, 5.41) is 12.2. The van der Waals surface area contributed by atoms with Crippen molar-refractivity contribution in [3.05, 3.63) is 23.9 Å². The fourth-order valence-corrected chi connectivity index (χ4v) is 1.22. The Morgan fingerprint density at radius 2 is 2.22 bits per heavy atom. The van der Waals surface area contributed by atoms with E-state index < -0.39 is 0 Å². The van der Waals surface area contributed by atoms with Crippen LogP contribution in [0.3, 0.4) is 0 Å². The monoisotopic (exact) mass is 252 g/mol. The molecule has 0 aromatic carbocycles. The van der Waals surface area contributed by atoms with Crippen molar-refractivity contribution in [2.45, 2.75) is 20.8 Å². The first-order chi connectivity index (χ1) is 8.48. The van der Waals surface area contributed by atoms with Gasteiger partial charge < -0.3 is 15.2 Å². The smallest absolute Gasteiger partial charge is 0.339 e. The van der Waals surface area contributed by atoms with Crippen LogP contribution in [0.2, 0.25) is 0 Å². The molecule has 0 radical (unpaired) electrons. The van der Waals surface area contributed by atoms with E-state index in [0.717, 1.165) is 0 Å². The number of aliphatic hydroxyl groups is 1. The van der Waals surface area contributed by atoms with Crippen molar-refractivity contribution in [3.63, 3.8) is 0 Å². The summed E-state index contributed by atoms with van der Waals surface area (Å²) in [4.78, 5) is 15.5. The fourth-order valence-electron chi connectivity index (χ4n) is 1.22. The summed E-state index contributed by atoms with van der Waals surface area (Å²) >= 11 is 0. The molecule has 0 bridgehead atoms. The molecule has 0 aliphatic rings. The highest BCUT2D eigenvalue weighted by Crippen LogP contribution is 2.15. The zero-order valence-electron chi connectivity index (χ0n) is 11.1. The Balaban J connectivity index is 2.58. The van der Waals surface area contributed by atoms with Crippen molar-refractivity contribution in [2.75, 3.05) is 25.1 Å². The third-order valence-corrected chi connectivity index (χ3v) is 2.45. The molecule has 0 spiro atoms. The molecule has 1 rings (SSSR count). The second-order valence-corrected chi connectivity index (χ2v) is 4.83. The molecule has 0 aliphatic carbocycles. The summed E-state index contributed by atoms with van der Waals surface area (Å²) < 4.78 is 4.87. The van der Waals surface area contributed by atoms with Crippen molar-refractivity contribution >= 4 is 11.8 Å². The van der Waals surface area contributed by atoms with Gasteiger partial charge in [-0.25, -0.2) is 9.78 Å². The SMILES string of the molecule is CCOC(=O)c1ccc(NCC(C)(C)CO)nc1. The lowest BCUT2D eigenvalue weighted by Gasteiger charge is -2.22. The molecular formula is C13H20N2O3. The van der Waals surface area contributed by atoms with Gasteiger partial charge in [0.1, 0.15) is 5.82 Å². The molecule has 5 heteroatoms. The molecule has 1 aromatic rings. The number of aromatic nitrogens is 1. The third kappa shape index (κ3) is 4.33. The molecular weight excluding hydrogens is 232 g/mol. The van der Waals surface area contributed by atoms with Crippen molar-refractivity contribution in [3.8, 4) is 0 Å². The number of rotatable bonds is 6. The van der Waals surface area contributed by atoms with E-state index in [1.54, 1.807) is 19.1 Å². The minimum absolute atomic E-state index is 0.0981. The standard InChI is InChI=1S/C13H20N2O3/c1-4-18-12(17)10-5-6-11(14-7-10)15-8-13(2,3)9-16/h5-7,16H,4,8-9H2,1-3H3,(H,14,15). The Labute approximate surface area is 107 Å². The Kier molecular flexibility index (Phi) is 5.09. The molecule has 0 saturated heterocycles. The number of pyridine rings is 1. The topological polar surface area (TPSA) is 71.5 Å². The highest BCUT2D eigenvalue weighted by Gasteiger charge is 2.16. The first-order valence-electron chi connectivity index (χ1n) is 5.96. The molecule has 0 unspecified atom stereocenters. The van der Waals surface area contributed by atoms with Crippen LogP contribution in [0.4, 0.5) is 5.82 Å². The Morgan fingerprint density at radius 1 is 1.50 bits per heavy atom. The number of carbonyl (C=O) groups excluding carboxylic acids is 1. The quantitative estimate of drug-likeness (QED) is 0.754. The average molecular weight is 252 g/mol. The van der Waals surface area contributed by atoms with Gasteiger partial charge in [0.05, 0.1) is 12.2 Å². The molecule has 0 atom stereocenters. The van der Waals surface area contributed by atoms with Gasteiger partial charge in [-0.2, -0.15) is 0 Å². The molecule has 1 aromatic heterocycles. The normalized spacial score (nSPS) is 11.1. The van der Waals surface area contributed by atoms with Crippen LogP contribution in [0.5, 0.6) is 0 Å². The van der Waals surface area contributed by atoms with Gasteiger partial charge in [-0.15, -0.1) is 0 Å². The predicted molar refractivity (Wildman–Crippen MR) is 69.6 cm³/mol. The maximum Gasteiger partial charge on any atom is 0.339 e. The first-order valence-corrected chi connectivity index (χ1v) is 5.96. The Morgan fingerprint density at radius 3 is 2.72 bits per heavy atom. The number of aliphatic hydroxyl groups excluding tert-OH is 1. The average Bonchev–Trinajstić information content (AvgIpc) is 2.37. The van der Waals surface area contributed by atoms with E-state index in [-0.39, 0.29) is 18.0 Å². The van der Waals surface area contributed by atoms with Gasteiger partial charge in [-0.05, 0) is 19.1 Å². The molecule has 0 fully saturated rings. The van der Waals surface area contributed by atoms with Gasteiger partial charge in [0, 0.05) is 24.8 Å². The first kappa shape index (κ1) is 14.4. The van der Waals surface area contributed by atoms with Gasteiger partial charge in [-0.3, -0.25) is 0 Å². The summed E-state index contributed by atoms with van der Waals surface area (Å²) in [7, 11) is 0. The number of nitrogens with one attached hydrogen (secondary N) is 1. The molecule has 0 saturated carbocycles. The van der Waals surface area contributed by atoms with Gasteiger partial charge in [-0.1, -0.05) is 13.8 Å². The molecule has 0 aliphatic heterocycles. The van der Waals surface area contributed by atoms with Gasteiger partial charge in [0.2, 0.25) is 0 Å². The van der Waals surface area contributed by atoms with E-state index >= 15 is 0 Å². The molecule has 100 valence electrons. The van der Waals surface area contributed by atoms with Crippen LogP contribution in [-0.4, -0.2) is 35.8 Å². The molecule has 5 nitrogen and oxygen atoms in total. The lowest BCUT2D eigenvalue weighted by atomic mass is 9.95. The predicted octanol–water partition coefficient (Wildman–Crippen LogP) is 1.69. The second-order valence-electron chi connectivity index (χ2n) is 4.83. The molecule has 2 N–H and O–H groups in total. The lowest BCUT2D eigenvalue weighted by Crippen LogP contribution is -2.27. The lowest BCUT2D eigenvalue weighted by molar-refractivity contribution is 0.0526. The van der Waals surface area contributed by atoms with Crippen LogP contribution in [0, 0.1) is 5.41 Å². The van der Waals surface area contributed by atoms with Crippen molar-refractivity contribution in [2.24, 2.45) is 5.41 Å². The zero-order valence-corrected chi connectivity index (χ0v) is 11.1. The van der Waals surface area contributed by atoms with E-state index in [9.17, 15) is 4.79 Å². The summed E-state index contributed by atoms with van der Waals surface area (Å²) in [6.07, 6.45) is 1.48. The summed E-state index contributed by atoms with van der Waals surface area (Å²) in [5.74, 6) is 0.303. The maximum absolute atomic E-state index is 11.4. The van der Waals surface area contributed by atoms with E-state index in [1.807, 2.05) is 13.8 Å². The second kappa shape index (κ2) is 6.35. The largest absolute Gasteiger partial charge is 0.462 e. The minimum atomic E-state index is -0.368. The van der Waals surface area contributed by atoms with E-state index in [0.29, 0.717) is 24.5 Å². The number of hydrogen-bond acceptors (Lipinski definition) is 5. The fraction of sp³-hybridized carbons (Fsp3) is 0.538. The summed E-state index contributed by atoms with van der Waals surface area (Å²) in [6.45, 7) is 6.72. The third-order valence-electron chi connectivity index (χ3n) is 2.45. The van der Waals surface area contributed by atoms with Crippen LogP contribution in [-0.2, 0) is 4.74 Å². The molecule has 1 heterocycles. The maximum atomic E-state index is 11.4. The highest BCUT2D eigenvalue weighted by atomic mass is 16.5. The number of carbonyl (C=O) groups is 1. The number of ether oxygens (including phenoxy) is 1. The van der Waals surface area contributed by atoms with Crippen LogP contribution in [0.15, 0.2) is 18.3 Å². The van der Waals surface area contributed by atoms with Gasteiger partial charge in [0.15, 0.2) is 0 Å². The number of anilines is 1. The van der Waals surface area contributed by atoms with Crippen LogP contribution in [0.1, 0.15) is 31.1 Å². The van der Waals surface area contributed by atoms with Crippen molar-refractivity contribution < 1.29 is 14.6 Å². The zero-order chi connectivity index (χ0) is 13.6. The summed E-state index contributed by atoms with van der Waals surface area (Å²) in [5.41, 5.74) is 0.227. The number of hydrogen-bond donors (Lipinski definition) is 2. The van der Waals surface area contributed by atoms with Crippen molar-refractivity contribution in [1.29, 1.82) is 0 Å². The molecule has 0 amide bonds. The number of nitrogens with zero attached hydrogens (tertiary/aromatic N) is 1. The molecule has 18 heavy (non-hydrogen) atoms. The van der Waals surface area contributed by atoms with E-state index in [4.69, 9.17) is 9.84 Å². The van der Waals surface area contributed by atoms with Crippen LogP contribution < -0.4 is 5.32 Å². The van der Waals surface area contributed by atoms with E-state index in [1.165, 1.54) is 6.20 Å². The Hall–Kier alpha value is -1.62. The van der Waals surface area contributed by atoms with Crippen LogP contribution >= 0.6 is 0 Å². The van der Waals surface area contributed by atoms with Gasteiger partial charge >= 0.3 is 5.97 Å². The highest BCUT2D eigenvalue weighted by molar-refractivity contribution is 5.89. The van der Waals surface area contributed by atoms with Crippen LogP contribution in [0.25, 0.3) is 0 Å². The van der Waals surface area contributed by atoms with E-state index in [2.05, 4.69) is 10.3 Å². The van der Waals surface area contributed by atoms with Crippen molar-refractivity contribution in [1.82, 2.24) is 4.98 Å². The minimum Gasteiger partial charge on any atom is -0.462 e. The summed E-state index contributed by atoms with van der Waals surface area (Å²) in [6, 6.07) is 3.39. The van der Waals surface area contributed by atoms with Gasteiger partial charge in [0.25, 0.3) is 0 Å².